The topological polar surface area (TPSA) is 82.2 Å². The van der Waals surface area contributed by atoms with Gasteiger partial charge >= 0.3 is 5.97 Å². The van der Waals surface area contributed by atoms with E-state index in [2.05, 4.69) is 16.4 Å². The van der Waals surface area contributed by atoms with Crippen molar-refractivity contribution in [3.8, 4) is 0 Å². The summed E-state index contributed by atoms with van der Waals surface area (Å²) in [4.78, 5) is 26.3. The molecule has 0 atom stereocenters. The van der Waals surface area contributed by atoms with Crippen molar-refractivity contribution in [2.24, 2.45) is 5.41 Å². The number of amides is 1. The minimum atomic E-state index is -0.992. The molecule has 2 aromatic rings. The van der Waals surface area contributed by atoms with Gasteiger partial charge in [0.1, 0.15) is 5.69 Å². The number of nitrogens with one attached hydrogen (secondary N) is 2. The number of H-pyrrole nitrogens is 1. The average Bonchev–Trinajstić information content (AvgIpc) is 2.80. The van der Waals surface area contributed by atoms with Gasteiger partial charge < -0.3 is 15.4 Å². The maximum atomic E-state index is 12.1. The summed E-state index contributed by atoms with van der Waals surface area (Å²) in [5, 5.41) is 12.7. The summed E-state index contributed by atoms with van der Waals surface area (Å²) in [5.74, 6) is -1.23. The number of carboxylic acid groups (broad SMARTS) is 1. The van der Waals surface area contributed by atoms with Crippen LogP contribution in [-0.4, -0.2) is 28.5 Å². The average molecular weight is 288 g/mol. The number of aromatic amines is 1. The van der Waals surface area contributed by atoms with E-state index >= 15 is 0 Å². The Morgan fingerprint density at radius 2 is 1.90 bits per heavy atom. The number of hydrogen-bond acceptors (Lipinski definition) is 2. The highest BCUT2D eigenvalue weighted by Crippen LogP contribution is 2.21. The molecule has 0 fully saturated rings. The van der Waals surface area contributed by atoms with Crippen LogP contribution in [-0.2, 0) is 4.79 Å². The van der Waals surface area contributed by atoms with Crippen molar-refractivity contribution < 1.29 is 14.7 Å². The van der Waals surface area contributed by atoms with Crippen LogP contribution in [0.2, 0.25) is 0 Å². The van der Waals surface area contributed by atoms with Crippen molar-refractivity contribution in [3.63, 3.8) is 0 Å². The summed E-state index contributed by atoms with van der Waals surface area (Å²) in [6.45, 7) is 7.23. The first-order valence-corrected chi connectivity index (χ1v) is 6.82. The second-order valence-electron chi connectivity index (χ2n) is 6.10. The Morgan fingerprint density at radius 1 is 1.24 bits per heavy atom. The molecule has 0 radical (unpaired) electrons. The van der Waals surface area contributed by atoms with Crippen LogP contribution in [0.15, 0.2) is 18.2 Å². The van der Waals surface area contributed by atoms with Gasteiger partial charge in [-0.25, -0.2) is 0 Å². The molecule has 1 heterocycles. The summed E-state index contributed by atoms with van der Waals surface area (Å²) in [6, 6.07) is 5.85. The quantitative estimate of drug-likeness (QED) is 0.808. The molecule has 0 spiro atoms. The zero-order chi connectivity index (χ0) is 15.8. The lowest BCUT2D eigenvalue weighted by molar-refractivity contribution is -0.146. The molecule has 0 saturated carbocycles. The largest absolute Gasteiger partial charge is 0.481 e. The van der Waals surface area contributed by atoms with Gasteiger partial charge in [-0.15, -0.1) is 0 Å². The Kier molecular flexibility index (Phi) is 3.77. The third-order valence-corrected chi connectivity index (χ3v) is 3.60. The molecule has 1 amide bonds. The summed E-state index contributed by atoms with van der Waals surface area (Å²) >= 11 is 0. The van der Waals surface area contributed by atoms with Crippen LogP contribution in [0.1, 0.15) is 35.5 Å². The van der Waals surface area contributed by atoms with Crippen molar-refractivity contribution in [2.75, 3.05) is 6.54 Å². The number of hydrogen-bond donors (Lipinski definition) is 3. The maximum Gasteiger partial charge on any atom is 0.310 e. The summed E-state index contributed by atoms with van der Waals surface area (Å²) in [7, 11) is 0. The van der Waals surface area contributed by atoms with Crippen molar-refractivity contribution in [1.29, 1.82) is 0 Å². The van der Waals surface area contributed by atoms with E-state index in [-0.39, 0.29) is 12.5 Å². The van der Waals surface area contributed by atoms with E-state index in [1.807, 2.05) is 19.9 Å². The number of carboxylic acids is 1. The summed E-state index contributed by atoms with van der Waals surface area (Å²) < 4.78 is 0. The standard InChI is InChI=1S/C16H20N2O3/c1-9-5-10(2)11-7-13(18-12(11)6-9)14(19)17-8-16(3,4)15(20)21/h5-7,18H,8H2,1-4H3,(H,17,19)(H,20,21). The zero-order valence-corrected chi connectivity index (χ0v) is 12.7. The van der Waals surface area contributed by atoms with Gasteiger partial charge in [0, 0.05) is 17.4 Å². The number of benzene rings is 1. The van der Waals surface area contributed by atoms with Crippen LogP contribution in [0, 0.1) is 19.3 Å². The van der Waals surface area contributed by atoms with Crippen LogP contribution in [0.3, 0.4) is 0 Å². The second-order valence-corrected chi connectivity index (χ2v) is 6.10. The molecule has 0 aliphatic carbocycles. The molecule has 1 aromatic carbocycles. The molecule has 3 N–H and O–H groups in total. The predicted molar refractivity (Wildman–Crippen MR) is 81.5 cm³/mol. The Morgan fingerprint density at radius 3 is 2.52 bits per heavy atom. The number of aromatic nitrogens is 1. The van der Waals surface area contributed by atoms with Gasteiger partial charge in [-0.05, 0) is 51.0 Å². The highest BCUT2D eigenvalue weighted by Gasteiger charge is 2.27. The normalized spacial score (nSPS) is 11.6. The van der Waals surface area contributed by atoms with Gasteiger partial charge in [0.2, 0.25) is 0 Å². The summed E-state index contributed by atoms with van der Waals surface area (Å²) in [5.41, 5.74) is 2.59. The van der Waals surface area contributed by atoms with Gasteiger partial charge in [0.15, 0.2) is 0 Å². The lowest BCUT2D eigenvalue weighted by atomic mass is 9.94. The molecule has 5 nitrogen and oxygen atoms in total. The van der Waals surface area contributed by atoms with E-state index in [0.29, 0.717) is 5.69 Å². The first-order chi connectivity index (χ1) is 9.70. The van der Waals surface area contributed by atoms with Crippen molar-refractivity contribution in [3.05, 3.63) is 35.0 Å². The fraction of sp³-hybridized carbons (Fsp3) is 0.375. The van der Waals surface area contributed by atoms with E-state index < -0.39 is 11.4 Å². The second kappa shape index (κ2) is 5.24. The molecule has 2 rings (SSSR count). The highest BCUT2D eigenvalue weighted by atomic mass is 16.4. The van der Waals surface area contributed by atoms with Crippen molar-refractivity contribution in [2.45, 2.75) is 27.7 Å². The number of carbonyl (C=O) groups excluding carboxylic acids is 1. The molecule has 21 heavy (non-hydrogen) atoms. The van der Waals surface area contributed by atoms with E-state index in [4.69, 9.17) is 5.11 Å². The lowest BCUT2D eigenvalue weighted by Crippen LogP contribution is -2.39. The van der Waals surface area contributed by atoms with Gasteiger partial charge in [-0.3, -0.25) is 9.59 Å². The van der Waals surface area contributed by atoms with Crippen molar-refractivity contribution >= 4 is 22.8 Å². The van der Waals surface area contributed by atoms with Crippen LogP contribution >= 0.6 is 0 Å². The monoisotopic (exact) mass is 288 g/mol. The molecule has 5 heteroatoms. The third-order valence-electron chi connectivity index (χ3n) is 3.60. The van der Waals surface area contributed by atoms with E-state index in [0.717, 1.165) is 22.0 Å². The molecule has 0 bridgehead atoms. The van der Waals surface area contributed by atoms with Crippen LogP contribution in [0.25, 0.3) is 10.9 Å². The lowest BCUT2D eigenvalue weighted by Gasteiger charge is -2.19. The Bertz CT molecular complexity index is 714. The third kappa shape index (κ3) is 3.07. The van der Waals surface area contributed by atoms with E-state index in [1.165, 1.54) is 0 Å². The molecular weight excluding hydrogens is 268 g/mol. The Balaban J connectivity index is 2.21. The van der Waals surface area contributed by atoms with E-state index in [1.54, 1.807) is 19.9 Å². The molecule has 0 unspecified atom stereocenters. The zero-order valence-electron chi connectivity index (χ0n) is 12.7. The minimum Gasteiger partial charge on any atom is -0.481 e. The number of aliphatic carboxylic acids is 1. The molecule has 0 aliphatic heterocycles. The number of aryl methyl sites for hydroxylation is 2. The number of rotatable bonds is 4. The SMILES string of the molecule is Cc1cc(C)c2cc(C(=O)NCC(C)(C)C(=O)O)[nH]c2c1. The molecule has 0 aliphatic rings. The highest BCUT2D eigenvalue weighted by molar-refractivity contribution is 5.99. The fourth-order valence-corrected chi connectivity index (χ4v) is 2.19. The van der Waals surface area contributed by atoms with Crippen molar-refractivity contribution in [1.82, 2.24) is 10.3 Å². The molecule has 1 aromatic heterocycles. The van der Waals surface area contributed by atoms with Gasteiger partial charge in [0.25, 0.3) is 5.91 Å². The van der Waals surface area contributed by atoms with Crippen LogP contribution in [0.5, 0.6) is 0 Å². The Labute approximate surface area is 123 Å². The van der Waals surface area contributed by atoms with E-state index in [9.17, 15) is 9.59 Å². The molecule has 0 saturated heterocycles. The molecular formula is C16H20N2O3. The van der Waals surface area contributed by atoms with Gasteiger partial charge in [-0.1, -0.05) is 6.07 Å². The first-order valence-electron chi connectivity index (χ1n) is 6.82. The first kappa shape index (κ1) is 15.1. The molecule has 112 valence electrons. The van der Waals surface area contributed by atoms with Crippen LogP contribution < -0.4 is 5.32 Å². The Hall–Kier alpha value is -2.30. The number of fused-ring (bicyclic) bond motifs is 1. The smallest absolute Gasteiger partial charge is 0.310 e. The van der Waals surface area contributed by atoms with Gasteiger partial charge in [0.05, 0.1) is 5.41 Å². The predicted octanol–water partition coefficient (Wildman–Crippen LogP) is 2.63. The maximum absolute atomic E-state index is 12.1. The fourth-order valence-electron chi connectivity index (χ4n) is 2.19. The summed E-state index contributed by atoms with van der Waals surface area (Å²) in [6.07, 6.45) is 0. The minimum absolute atomic E-state index is 0.0779. The number of carbonyl (C=O) groups is 2. The van der Waals surface area contributed by atoms with Gasteiger partial charge in [-0.2, -0.15) is 0 Å². The van der Waals surface area contributed by atoms with Crippen LogP contribution in [0.4, 0.5) is 0 Å².